The summed E-state index contributed by atoms with van der Waals surface area (Å²) in [5.74, 6) is 0.850. The first-order valence-electron chi connectivity index (χ1n) is 7.82. The molecule has 0 aromatic carbocycles. The van der Waals surface area contributed by atoms with Gasteiger partial charge in [-0.1, -0.05) is 26.2 Å². The first kappa shape index (κ1) is 14.3. The minimum absolute atomic E-state index is 0.480. The number of methoxy groups -OCH3 is 1. The van der Waals surface area contributed by atoms with Crippen LogP contribution in [-0.2, 0) is 4.74 Å². The molecule has 3 unspecified atom stereocenters. The van der Waals surface area contributed by atoms with E-state index in [4.69, 9.17) is 4.74 Å². The molecule has 1 aliphatic heterocycles. The second-order valence-corrected chi connectivity index (χ2v) is 5.97. The molecule has 0 aromatic rings. The molecular formula is C15H30N2O. The number of hydrogen-bond acceptors (Lipinski definition) is 3. The van der Waals surface area contributed by atoms with E-state index in [1.165, 1.54) is 51.6 Å². The van der Waals surface area contributed by atoms with E-state index in [1.54, 1.807) is 0 Å². The minimum Gasteiger partial charge on any atom is -0.380 e. The molecule has 1 heterocycles. The van der Waals surface area contributed by atoms with Crippen molar-refractivity contribution < 1.29 is 4.74 Å². The van der Waals surface area contributed by atoms with Gasteiger partial charge < -0.3 is 15.0 Å². The van der Waals surface area contributed by atoms with E-state index in [1.807, 2.05) is 7.11 Å². The number of hydrogen-bond donors (Lipinski definition) is 1. The predicted octanol–water partition coefficient (Wildman–Crippen LogP) is 2.27. The van der Waals surface area contributed by atoms with Crippen molar-refractivity contribution in [2.24, 2.45) is 5.92 Å². The van der Waals surface area contributed by atoms with Gasteiger partial charge in [-0.25, -0.2) is 0 Å². The largest absolute Gasteiger partial charge is 0.380 e. The Labute approximate surface area is 112 Å². The van der Waals surface area contributed by atoms with Gasteiger partial charge in [0, 0.05) is 32.8 Å². The summed E-state index contributed by atoms with van der Waals surface area (Å²) in [5, 5.41) is 3.72. The summed E-state index contributed by atoms with van der Waals surface area (Å²) in [6.07, 6.45) is 8.75. The third-order valence-electron chi connectivity index (χ3n) is 4.68. The van der Waals surface area contributed by atoms with E-state index >= 15 is 0 Å². The Balaban J connectivity index is 1.84. The van der Waals surface area contributed by atoms with Crippen LogP contribution < -0.4 is 5.32 Å². The zero-order chi connectivity index (χ0) is 12.8. The topological polar surface area (TPSA) is 24.5 Å². The minimum atomic E-state index is 0.480. The van der Waals surface area contributed by atoms with E-state index in [-0.39, 0.29) is 0 Å². The fraction of sp³-hybridized carbons (Fsp3) is 1.00. The molecule has 3 nitrogen and oxygen atoms in total. The maximum absolute atomic E-state index is 5.47. The first-order valence-corrected chi connectivity index (χ1v) is 7.82. The molecule has 0 amide bonds. The number of nitrogens with one attached hydrogen (secondary N) is 1. The molecule has 3 heteroatoms. The van der Waals surface area contributed by atoms with Crippen LogP contribution in [0.1, 0.15) is 45.4 Å². The molecule has 1 saturated heterocycles. The number of rotatable bonds is 5. The molecule has 1 aliphatic carbocycles. The van der Waals surface area contributed by atoms with Gasteiger partial charge in [0.25, 0.3) is 0 Å². The van der Waals surface area contributed by atoms with Crippen molar-refractivity contribution in [1.29, 1.82) is 0 Å². The fourth-order valence-corrected chi connectivity index (χ4v) is 3.62. The SMILES string of the molecule is CCNC1CCCCCC1CN1CCC(OC)C1. The van der Waals surface area contributed by atoms with Crippen LogP contribution in [0.2, 0.25) is 0 Å². The van der Waals surface area contributed by atoms with E-state index in [9.17, 15) is 0 Å². The van der Waals surface area contributed by atoms with E-state index < -0.39 is 0 Å². The highest BCUT2D eigenvalue weighted by Crippen LogP contribution is 2.26. The molecule has 3 atom stereocenters. The summed E-state index contributed by atoms with van der Waals surface area (Å²) < 4.78 is 5.47. The van der Waals surface area contributed by atoms with Crippen molar-refractivity contribution in [3.05, 3.63) is 0 Å². The molecule has 2 aliphatic rings. The number of ether oxygens (including phenoxy) is 1. The average Bonchev–Trinajstić information content (AvgIpc) is 2.72. The van der Waals surface area contributed by atoms with Gasteiger partial charge >= 0.3 is 0 Å². The first-order chi connectivity index (χ1) is 8.83. The lowest BCUT2D eigenvalue weighted by molar-refractivity contribution is 0.104. The molecule has 1 N–H and O–H groups in total. The van der Waals surface area contributed by atoms with Crippen LogP contribution in [0, 0.1) is 5.92 Å². The highest BCUT2D eigenvalue weighted by Gasteiger charge is 2.28. The number of likely N-dealkylation sites (tertiary alicyclic amines) is 1. The average molecular weight is 254 g/mol. The van der Waals surface area contributed by atoms with Crippen molar-refractivity contribution in [3.8, 4) is 0 Å². The summed E-state index contributed by atoms with van der Waals surface area (Å²) in [5.41, 5.74) is 0. The summed E-state index contributed by atoms with van der Waals surface area (Å²) >= 11 is 0. The normalized spacial score (nSPS) is 34.7. The standard InChI is InChI=1S/C15H30N2O/c1-3-16-15-8-6-4-5-7-13(15)11-17-10-9-14(12-17)18-2/h13-16H,3-12H2,1-2H3. The van der Waals surface area contributed by atoms with E-state index in [2.05, 4.69) is 17.1 Å². The molecule has 2 rings (SSSR count). The lowest BCUT2D eigenvalue weighted by Crippen LogP contribution is -2.41. The molecule has 2 fully saturated rings. The zero-order valence-electron chi connectivity index (χ0n) is 12.2. The highest BCUT2D eigenvalue weighted by atomic mass is 16.5. The van der Waals surface area contributed by atoms with Crippen LogP contribution in [0.5, 0.6) is 0 Å². The quantitative estimate of drug-likeness (QED) is 0.762. The second kappa shape index (κ2) is 7.46. The van der Waals surface area contributed by atoms with Crippen molar-refractivity contribution >= 4 is 0 Å². The molecule has 18 heavy (non-hydrogen) atoms. The lowest BCUT2D eigenvalue weighted by atomic mass is 9.94. The maximum Gasteiger partial charge on any atom is 0.0710 e. The Kier molecular flexibility index (Phi) is 5.93. The molecular weight excluding hydrogens is 224 g/mol. The van der Waals surface area contributed by atoms with Crippen molar-refractivity contribution in [3.63, 3.8) is 0 Å². The molecule has 1 saturated carbocycles. The summed E-state index contributed by atoms with van der Waals surface area (Å²) in [6.45, 7) is 7.00. The van der Waals surface area contributed by atoms with Crippen molar-refractivity contribution in [1.82, 2.24) is 10.2 Å². The van der Waals surface area contributed by atoms with Gasteiger partial charge in [0.05, 0.1) is 6.10 Å². The fourth-order valence-electron chi connectivity index (χ4n) is 3.62. The molecule has 0 radical (unpaired) electrons. The van der Waals surface area contributed by atoms with Crippen molar-refractivity contribution in [2.75, 3.05) is 33.3 Å². The summed E-state index contributed by atoms with van der Waals surface area (Å²) in [4.78, 5) is 2.62. The van der Waals surface area contributed by atoms with Gasteiger partial charge in [0.15, 0.2) is 0 Å². The van der Waals surface area contributed by atoms with Crippen molar-refractivity contribution in [2.45, 2.75) is 57.6 Å². The lowest BCUT2D eigenvalue weighted by Gasteiger charge is -2.30. The van der Waals surface area contributed by atoms with Crippen LogP contribution >= 0.6 is 0 Å². The van der Waals surface area contributed by atoms with Crippen LogP contribution in [-0.4, -0.2) is 50.3 Å². The van der Waals surface area contributed by atoms with E-state index in [0.717, 1.165) is 25.0 Å². The monoisotopic (exact) mass is 254 g/mol. The molecule has 106 valence electrons. The maximum atomic E-state index is 5.47. The Bertz CT molecular complexity index is 235. The Morgan fingerprint density at radius 3 is 2.72 bits per heavy atom. The Morgan fingerprint density at radius 1 is 1.17 bits per heavy atom. The van der Waals surface area contributed by atoms with Gasteiger partial charge in [0.1, 0.15) is 0 Å². The van der Waals surface area contributed by atoms with Crippen LogP contribution in [0.4, 0.5) is 0 Å². The van der Waals surface area contributed by atoms with Gasteiger partial charge in [-0.2, -0.15) is 0 Å². The third kappa shape index (κ3) is 3.94. The summed E-state index contributed by atoms with van der Waals surface area (Å²) in [6, 6.07) is 0.749. The third-order valence-corrected chi connectivity index (χ3v) is 4.68. The number of nitrogens with zero attached hydrogens (tertiary/aromatic N) is 1. The van der Waals surface area contributed by atoms with Crippen LogP contribution in [0.15, 0.2) is 0 Å². The predicted molar refractivity (Wildman–Crippen MR) is 75.9 cm³/mol. The molecule has 0 bridgehead atoms. The second-order valence-electron chi connectivity index (χ2n) is 5.97. The van der Waals surface area contributed by atoms with Gasteiger partial charge in [-0.3, -0.25) is 0 Å². The molecule has 0 spiro atoms. The van der Waals surface area contributed by atoms with E-state index in [0.29, 0.717) is 6.10 Å². The zero-order valence-corrected chi connectivity index (χ0v) is 12.2. The van der Waals surface area contributed by atoms with Crippen LogP contribution in [0.3, 0.4) is 0 Å². The summed E-state index contributed by atoms with van der Waals surface area (Å²) in [7, 11) is 1.85. The van der Waals surface area contributed by atoms with Gasteiger partial charge in [-0.05, 0) is 31.7 Å². The Morgan fingerprint density at radius 2 is 2.00 bits per heavy atom. The highest BCUT2D eigenvalue weighted by molar-refractivity contribution is 4.84. The van der Waals surface area contributed by atoms with Crippen LogP contribution in [0.25, 0.3) is 0 Å². The Hall–Kier alpha value is -0.120. The van der Waals surface area contributed by atoms with Gasteiger partial charge in [0.2, 0.25) is 0 Å². The molecule has 0 aromatic heterocycles. The smallest absolute Gasteiger partial charge is 0.0710 e. The van der Waals surface area contributed by atoms with Gasteiger partial charge in [-0.15, -0.1) is 0 Å².